The lowest BCUT2D eigenvalue weighted by Crippen LogP contribution is -2.52. The topological polar surface area (TPSA) is 127 Å². The van der Waals surface area contributed by atoms with Crippen molar-refractivity contribution in [3.05, 3.63) is 60.2 Å². The monoisotopic (exact) mass is 736 g/mol. The van der Waals surface area contributed by atoms with E-state index in [9.17, 15) is 45.1 Å². The number of carbonyl (C=O) groups excluding carboxylic acids is 2. The van der Waals surface area contributed by atoms with E-state index in [-0.39, 0.29) is 12.4 Å². The molecule has 1 atom stereocenters. The van der Waals surface area contributed by atoms with Gasteiger partial charge in [-0.15, -0.1) is 0 Å². The fourth-order valence-electron chi connectivity index (χ4n) is 2.40. The van der Waals surface area contributed by atoms with E-state index in [1.807, 2.05) is 45.2 Å². The maximum absolute atomic E-state index is 13.7. The first kappa shape index (κ1) is 28.4. The van der Waals surface area contributed by atoms with Crippen molar-refractivity contribution in [3.8, 4) is 5.75 Å². The predicted octanol–water partition coefficient (Wildman–Crippen LogP) is 4.53. The second-order valence-corrected chi connectivity index (χ2v) is 10.2. The molecule has 16 heteroatoms. The van der Waals surface area contributed by atoms with E-state index in [4.69, 9.17) is 9.29 Å². The van der Waals surface area contributed by atoms with Gasteiger partial charge in [0.25, 0.3) is 6.10 Å². The van der Waals surface area contributed by atoms with Crippen molar-refractivity contribution in [2.75, 3.05) is 0 Å². The second kappa shape index (κ2) is 10.4. The molecule has 1 unspecified atom stereocenters. The largest absolute Gasteiger partial charge is 0.506 e. The Morgan fingerprint density at radius 1 is 0.971 bits per heavy atom. The Balaban J connectivity index is 2.31. The zero-order valence-corrected chi connectivity index (χ0v) is 21.3. The number of benzene rings is 2. The molecule has 0 aromatic heterocycles. The Hall–Kier alpha value is -1.80. The molecule has 0 aliphatic rings. The normalized spacial score (nSPS) is 13.3. The molecule has 2 rings (SSSR count). The summed E-state index contributed by atoms with van der Waals surface area (Å²) in [5.41, 5.74) is -1.18. The van der Waals surface area contributed by atoms with Crippen LogP contribution in [0.4, 0.5) is 22.0 Å². The van der Waals surface area contributed by atoms with Crippen LogP contribution in [0, 0.1) is 7.14 Å². The molecular weight excluding hydrogens is 725 g/mol. The van der Waals surface area contributed by atoms with Crippen LogP contribution in [0.2, 0.25) is 0 Å². The summed E-state index contributed by atoms with van der Waals surface area (Å²) < 4.78 is 106. The van der Waals surface area contributed by atoms with Gasteiger partial charge in [0.05, 0.1) is 18.3 Å². The number of esters is 2. The Bertz CT molecular complexity index is 1190. The Labute approximate surface area is 215 Å². The molecule has 0 saturated heterocycles. The van der Waals surface area contributed by atoms with Crippen LogP contribution in [0.3, 0.4) is 0 Å². The fraction of sp³-hybridized carbons (Fsp3) is 0.222. The number of phenols is 1. The molecule has 8 nitrogen and oxygen atoms in total. The van der Waals surface area contributed by atoms with Crippen molar-refractivity contribution in [1.29, 1.82) is 0 Å². The maximum atomic E-state index is 13.7. The van der Waals surface area contributed by atoms with Gasteiger partial charge in [0.15, 0.2) is 0 Å². The van der Waals surface area contributed by atoms with Crippen molar-refractivity contribution < 1.29 is 59.1 Å². The number of rotatable bonds is 7. The minimum absolute atomic E-state index is 0.00900. The summed E-state index contributed by atoms with van der Waals surface area (Å²) in [6.07, 6.45) is -10.7. The van der Waals surface area contributed by atoms with Gasteiger partial charge < -0.3 is 14.6 Å². The lowest BCUT2D eigenvalue weighted by molar-refractivity contribution is -0.248. The van der Waals surface area contributed by atoms with Gasteiger partial charge in [-0.2, -0.15) is 30.4 Å². The number of alkyl halides is 5. The highest BCUT2D eigenvalue weighted by molar-refractivity contribution is 14.1. The van der Waals surface area contributed by atoms with E-state index in [2.05, 4.69) is 4.74 Å². The van der Waals surface area contributed by atoms with Gasteiger partial charge in [-0.3, -0.25) is 4.55 Å². The summed E-state index contributed by atoms with van der Waals surface area (Å²) in [5, 5.41) is 3.83. The maximum Gasteiger partial charge on any atom is 0.432 e. The number of hydrogen-bond donors (Lipinski definition) is 2. The number of ether oxygens (including phenoxy) is 2. The molecule has 0 spiro atoms. The van der Waals surface area contributed by atoms with Gasteiger partial charge in [0, 0.05) is 0 Å². The Morgan fingerprint density at radius 2 is 1.44 bits per heavy atom. The van der Waals surface area contributed by atoms with E-state index in [1.165, 1.54) is 18.2 Å². The zero-order valence-electron chi connectivity index (χ0n) is 16.1. The summed E-state index contributed by atoms with van der Waals surface area (Å²) in [4.78, 5) is 24.7. The van der Waals surface area contributed by atoms with E-state index in [1.54, 1.807) is 0 Å². The lowest BCUT2D eigenvalue weighted by atomic mass is 10.1. The van der Waals surface area contributed by atoms with E-state index >= 15 is 0 Å². The van der Waals surface area contributed by atoms with Crippen LogP contribution in [-0.4, -0.2) is 47.6 Å². The molecule has 0 fully saturated rings. The van der Waals surface area contributed by atoms with Crippen LogP contribution in [0.5, 0.6) is 5.75 Å². The molecule has 0 bridgehead atoms. The highest BCUT2D eigenvalue weighted by Gasteiger charge is 2.66. The van der Waals surface area contributed by atoms with Crippen LogP contribution in [0.25, 0.3) is 0 Å². The molecule has 0 aliphatic carbocycles. The summed E-state index contributed by atoms with van der Waals surface area (Å²) >= 11 is 3.63. The second-order valence-electron chi connectivity index (χ2n) is 6.39. The summed E-state index contributed by atoms with van der Waals surface area (Å²) in [5.74, 6) is -3.37. The minimum Gasteiger partial charge on any atom is -0.506 e. The number of hydrogen-bond acceptors (Lipinski definition) is 7. The first-order chi connectivity index (χ1) is 15.5. The molecule has 2 N–H and O–H groups in total. The van der Waals surface area contributed by atoms with Gasteiger partial charge in [-0.25, -0.2) is 9.59 Å². The van der Waals surface area contributed by atoms with Crippen LogP contribution in [-0.2, 0) is 26.2 Å². The third-order valence-corrected chi connectivity index (χ3v) is 6.53. The smallest absolute Gasteiger partial charge is 0.432 e. The third-order valence-electron chi connectivity index (χ3n) is 3.98. The van der Waals surface area contributed by atoms with Crippen LogP contribution >= 0.6 is 45.2 Å². The summed E-state index contributed by atoms with van der Waals surface area (Å²) in [6.45, 7) is -0.388. The molecule has 186 valence electrons. The minimum atomic E-state index is -6.63. The Kier molecular flexibility index (Phi) is 8.73. The number of phenolic OH excluding ortho intramolecular Hbond substituents is 1. The van der Waals surface area contributed by atoms with Crippen molar-refractivity contribution >= 4 is 67.2 Å². The molecule has 0 heterocycles. The van der Waals surface area contributed by atoms with Gasteiger partial charge >= 0.3 is 33.5 Å². The SMILES string of the molecule is O=C(OCc1cc(I)c(O)c(I)c1)c1ccccc1C(=O)OC(C(F)(F)F)C(F)(F)S(=O)(=O)O. The van der Waals surface area contributed by atoms with Gasteiger partial charge in [0.1, 0.15) is 12.4 Å². The van der Waals surface area contributed by atoms with Crippen LogP contribution in [0.15, 0.2) is 36.4 Å². The average molecular weight is 736 g/mol. The van der Waals surface area contributed by atoms with Crippen molar-refractivity contribution in [3.63, 3.8) is 0 Å². The highest BCUT2D eigenvalue weighted by Crippen LogP contribution is 2.38. The van der Waals surface area contributed by atoms with Crippen molar-refractivity contribution in [2.24, 2.45) is 0 Å². The molecule has 0 aliphatic heterocycles. The van der Waals surface area contributed by atoms with Gasteiger partial charge in [-0.05, 0) is 75.0 Å². The zero-order chi connectivity index (χ0) is 26.1. The molecule has 2 aromatic rings. The third kappa shape index (κ3) is 6.45. The van der Waals surface area contributed by atoms with Crippen molar-refractivity contribution in [1.82, 2.24) is 0 Å². The van der Waals surface area contributed by atoms with E-state index in [0.29, 0.717) is 12.7 Å². The van der Waals surface area contributed by atoms with Crippen LogP contribution < -0.4 is 0 Å². The quantitative estimate of drug-likeness (QED) is 0.184. The number of carbonyl (C=O) groups is 2. The predicted molar refractivity (Wildman–Crippen MR) is 121 cm³/mol. The standard InChI is InChI=1S/C18H11F5I2O8S/c19-17(20,21)16(18(22,23)34(29,30)31)33-15(28)10-4-2-1-3-9(10)14(27)32-7-8-5-11(24)13(26)12(25)6-8/h1-6,16,26H,7H2,(H,29,30,31). The highest BCUT2D eigenvalue weighted by atomic mass is 127. The van der Waals surface area contributed by atoms with E-state index < -0.39 is 50.7 Å². The average Bonchev–Trinajstić information content (AvgIpc) is 2.72. The lowest BCUT2D eigenvalue weighted by Gasteiger charge is -2.26. The summed E-state index contributed by atoms with van der Waals surface area (Å²) in [7, 11) is -6.63. The van der Waals surface area contributed by atoms with Crippen molar-refractivity contribution in [2.45, 2.75) is 24.1 Å². The first-order valence-corrected chi connectivity index (χ1v) is 12.1. The molecular formula is C18H11F5I2O8S. The van der Waals surface area contributed by atoms with E-state index in [0.717, 1.165) is 18.2 Å². The fourth-order valence-corrected chi connectivity index (χ4v) is 4.75. The molecule has 2 aromatic carbocycles. The molecule has 34 heavy (non-hydrogen) atoms. The molecule has 0 radical (unpaired) electrons. The van der Waals surface area contributed by atoms with Crippen LogP contribution in [0.1, 0.15) is 26.3 Å². The number of aromatic hydroxyl groups is 1. The first-order valence-electron chi connectivity index (χ1n) is 8.52. The molecule has 0 amide bonds. The van der Waals surface area contributed by atoms with Gasteiger partial charge in [0.2, 0.25) is 0 Å². The Morgan fingerprint density at radius 3 is 1.88 bits per heavy atom. The number of halogens is 7. The summed E-state index contributed by atoms with van der Waals surface area (Å²) in [6, 6.07) is 6.90. The molecule has 0 saturated carbocycles. The van der Waals surface area contributed by atoms with Gasteiger partial charge in [-0.1, -0.05) is 12.1 Å².